The van der Waals surface area contributed by atoms with Gasteiger partial charge in [-0.15, -0.1) is 0 Å². The number of likely N-dealkylation sites (tertiary alicyclic amines) is 2. The topological polar surface area (TPSA) is 132 Å². The summed E-state index contributed by atoms with van der Waals surface area (Å²) in [5.41, 5.74) is 3.75. The molecule has 1 atom stereocenters. The van der Waals surface area contributed by atoms with Gasteiger partial charge < -0.3 is 20.4 Å². The van der Waals surface area contributed by atoms with Crippen LogP contribution in [-0.4, -0.2) is 73.6 Å². The number of amides is 2. The SMILES string of the molecule is C=CC(=O)N1CCC(Nc2cc(Nc3ncc(-c4cnn(C5CCN(C(C)=O)CC5)c4)cn3)ccc2C#N)C1. The van der Waals surface area contributed by atoms with Crippen LogP contribution in [0.4, 0.5) is 17.3 Å². The molecule has 0 bridgehead atoms. The fourth-order valence-electron chi connectivity index (χ4n) is 5.07. The van der Waals surface area contributed by atoms with Crippen LogP contribution < -0.4 is 10.6 Å². The monoisotopic (exact) mass is 525 g/mol. The van der Waals surface area contributed by atoms with Gasteiger partial charge in [-0.25, -0.2) is 9.97 Å². The maximum atomic E-state index is 11.9. The normalized spacial score (nSPS) is 17.5. The van der Waals surface area contributed by atoms with Crippen molar-refractivity contribution in [3.05, 3.63) is 61.2 Å². The van der Waals surface area contributed by atoms with Gasteiger partial charge >= 0.3 is 0 Å². The van der Waals surface area contributed by atoms with Gasteiger partial charge in [-0.3, -0.25) is 14.3 Å². The Bertz CT molecular complexity index is 1400. The number of nitrogens with zero attached hydrogens (tertiary/aromatic N) is 7. The van der Waals surface area contributed by atoms with Gasteiger partial charge in [0.05, 0.1) is 23.5 Å². The zero-order valence-electron chi connectivity index (χ0n) is 21.9. The molecule has 2 saturated heterocycles. The number of anilines is 3. The smallest absolute Gasteiger partial charge is 0.246 e. The standard InChI is InChI=1S/C28H31N9O2/c1-3-27(39)36-9-6-24(18-36)33-26-12-23(5-4-20(26)13-29)34-28-30-14-21(15-31-28)22-16-32-37(17-22)25-7-10-35(11-8-25)19(2)38/h3-5,12,14-17,24-25,33H,1,6-11,18H2,2H3,(H,30,31,34). The zero-order valence-corrected chi connectivity index (χ0v) is 21.9. The quantitative estimate of drug-likeness (QED) is 0.449. The summed E-state index contributed by atoms with van der Waals surface area (Å²) in [7, 11) is 0. The van der Waals surface area contributed by atoms with Crippen molar-refractivity contribution in [2.24, 2.45) is 0 Å². The van der Waals surface area contributed by atoms with E-state index >= 15 is 0 Å². The van der Waals surface area contributed by atoms with Gasteiger partial charge in [0.25, 0.3) is 0 Å². The van der Waals surface area contributed by atoms with E-state index in [1.165, 1.54) is 6.08 Å². The molecule has 2 amide bonds. The third-order valence-corrected chi connectivity index (χ3v) is 7.30. The number of nitriles is 1. The highest BCUT2D eigenvalue weighted by molar-refractivity contribution is 5.87. The summed E-state index contributed by atoms with van der Waals surface area (Å²) < 4.78 is 1.97. The number of aromatic nitrogens is 4. The molecule has 2 fully saturated rings. The molecule has 39 heavy (non-hydrogen) atoms. The van der Waals surface area contributed by atoms with E-state index < -0.39 is 0 Å². The molecular weight excluding hydrogens is 494 g/mol. The summed E-state index contributed by atoms with van der Waals surface area (Å²) in [6.07, 6.45) is 11.2. The summed E-state index contributed by atoms with van der Waals surface area (Å²) in [5.74, 6) is 0.469. The van der Waals surface area contributed by atoms with Gasteiger partial charge in [0.1, 0.15) is 6.07 Å². The molecule has 0 saturated carbocycles. The number of hydrogen-bond acceptors (Lipinski definition) is 8. The van der Waals surface area contributed by atoms with E-state index in [1.807, 2.05) is 34.1 Å². The molecule has 2 aromatic heterocycles. The van der Waals surface area contributed by atoms with Crippen molar-refractivity contribution in [3.63, 3.8) is 0 Å². The molecule has 2 N–H and O–H groups in total. The first-order chi connectivity index (χ1) is 18.9. The number of carbonyl (C=O) groups excluding carboxylic acids is 2. The van der Waals surface area contributed by atoms with Gasteiger partial charge in [0.2, 0.25) is 17.8 Å². The first-order valence-corrected chi connectivity index (χ1v) is 13.0. The first kappa shape index (κ1) is 25.9. The number of carbonyl (C=O) groups is 2. The molecule has 5 rings (SSSR count). The van der Waals surface area contributed by atoms with Gasteiger partial charge in [-0.1, -0.05) is 6.58 Å². The Balaban J connectivity index is 1.22. The molecule has 2 aliphatic heterocycles. The van der Waals surface area contributed by atoms with Crippen LogP contribution in [0, 0.1) is 11.3 Å². The van der Waals surface area contributed by atoms with Crippen molar-refractivity contribution in [2.75, 3.05) is 36.8 Å². The van der Waals surface area contributed by atoms with Crippen molar-refractivity contribution in [3.8, 4) is 17.2 Å². The molecular formula is C28H31N9O2. The van der Waals surface area contributed by atoms with Crippen LogP contribution in [0.2, 0.25) is 0 Å². The fraction of sp³-hybridized carbons (Fsp3) is 0.357. The van der Waals surface area contributed by atoms with Crippen molar-refractivity contribution in [1.82, 2.24) is 29.5 Å². The summed E-state index contributed by atoms with van der Waals surface area (Å²) in [6, 6.07) is 7.95. The summed E-state index contributed by atoms with van der Waals surface area (Å²) in [4.78, 5) is 36.1. The van der Waals surface area contributed by atoms with E-state index in [0.29, 0.717) is 30.3 Å². The van der Waals surface area contributed by atoms with E-state index in [1.54, 1.807) is 30.3 Å². The average Bonchev–Trinajstić information content (AvgIpc) is 3.64. The Morgan fingerprint density at radius 2 is 1.82 bits per heavy atom. The average molecular weight is 526 g/mol. The highest BCUT2D eigenvalue weighted by atomic mass is 16.2. The lowest BCUT2D eigenvalue weighted by Gasteiger charge is -2.31. The van der Waals surface area contributed by atoms with Crippen molar-refractivity contribution >= 4 is 29.1 Å². The number of nitrogens with one attached hydrogen (secondary N) is 2. The fourth-order valence-corrected chi connectivity index (χ4v) is 5.07. The lowest BCUT2D eigenvalue weighted by Crippen LogP contribution is -2.37. The Hall–Kier alpha value is -4.72. The van der Waals surface area contributed by atoms with Crippen LogP contribution in [0.25, 0.3) is 11.1 Å². The van der Waals surface area contributed by atoms with Crippen molar-refractivity contribution < 1.29 is 9.59 Å². The second kappa shape index (κ2) is 11.3. The molecule has 0 spiro atoms. The largest absolute Gasteiger partial charge is 0.379 e. The highest BCUT2D eigenvalue weighted by Crippen LogP contribution is 2.27. The summed E-state index contributed by atoms with van der Waals surface area (Å²) in [6.45, 7) is 7.88. The Morgan fingerprint density at radius 3 is 2.51 bits per heavy atom. The molecule has 2 aliphatic rings. The molecule has 11 heteroatoms. The second-order valence-electron chi connectivity index (χ2n) is 9.86. The van der Waals surface area contributed by atoms with E-state index in [4.69, 9.17) is 0 Å². The Kier molecular flexibility index (Phi) is 7.54. The lowest BCUT2D eigenvalue weighted by atomic mass is 10.1. The molecule has 3 aromatic rings. The maximum Gasteiger partial charge on any atom is 0.246 e. The van der Waals surface area contributed by atoms with Crippen LogP contribution in [0.3, 0.4) is 0 Å². The van der Waals surface area contributed by atoms with Gasteiger partial charge in [-0.05, 0) is 43.5 Å². The van der Waals surface area contributed by atoms with E-state index in [0.717, 1.165) is 49.2 Å². The minimum atomic E-state index is -0.0850. The highest BCUT2D eigenvalue weighted by Gasteiger charge is 2.25. The van der Waals surface area contributed by atoms with Gasteiger partial charge in [-0.2, -0.15) is 10.4 Å². The van der Waals surface area contributed by atoms with Crippen LogP contribution in [0.1, 0.15) is 37.8 Å². The van der Waals surface area contributed by atoms with Crippen molar-refractivity contribution in [1.29, 1.82) is 5.26 Å². The number of rotatable bonds is 7. The van der Waals surface area contributed by atoms with Crippen LogP contribution in [0.15, 0.2) is 55.6 Å². The molecule has 0 radical (unpaired) electrons. The van der Waals surface area contributed by atoms with Crippen LogP contribution in [-0.2, 0) is 9.59 Å². The third kappa shape index (κ3) is 5.90. The number of piperidine rings is 1. The predicted octanol–water partition coefficient (Wildman–Crippen LogP) is 3.34. The molecule has 4 heterocycles. The second-order valence-corrected chi connectivity index (χ2v) is 9.86. The van der Waals surface area contributed by atoms with Crippen LogP contribution >= 0.6 is 0 Å². The molecule has 0 aliphatic carbocycles. The van der Waals surface area contributed by atoms with Gasteiger partial charge in [0, 0.05) is 74.5 Å². The Labute approximate surface area is 227 Å². The summed E-state index contributed by atoms with van der Waals surface area (Å²) in [5, 5.41) is 20.7. The minimum absolute atomic E-state index is 0.0504. The van der Waals surface area contributed by atoms with E-state index in [9.17, 15) is 14.9 Å². The first-order valence-electron chi connectivity index (χ1n) is 13.0. The zero-order chi connectivity index (χ0) is 27.4. The molecule has 1 unspecified atom stereocenters. The third-order valence-electron chi connectivity index (χ3n) is 7.30. The van der Waals surface area contributed by atoms with E-state index in [-0.39, 0.29) is 23.9 Å². The molecule has 11 nitrogen and oxygen atoms in total. The molecule has 200 valence electrons. The maximum absolute atomic E-state index is 11.9. The van der Waals surface area contributed by atoms with Crippen LogP contribution in [0.5, 0.6) is 0 Å². The van der Waals surface area contributed by atoms with Crippen molar-refractivity contribution in [2.45, 2.75) is 38.3 Å². The number of hydrogen-bond donors (Lipinski definition) is 2. The predicted molar refractivity (Wildman–Crippen MR) is 147 cm³/mol. The minimum Gasteiger partial charge on any atom is -0.379 e. The summed E-state index contributed by atoms with van der Waals surface area (Å²) >= 11 is 0. The van der Waals surface area contributed by atoms with Gasteiger partial charge in [0.15, 0.2) is 0 Å². The lowest BCUT2D eigenvalue weighted by molar-refractivity contribution is -0.130. The molecule has 1 aromatic carbocycles. The number of benzene rings is 1. The van der Waals surface area contributed by atoms with E-state index in [2.05, 4.69) is 38.3 Å². The Morgan fingerprint density at radius 1 is 1.08 bits per heavy atom.